The molecule has 6 heteroatoms. The summed E-state index contributed by atoms with van der Waals surface area (Å²) in [4.78, 5) is 10.9. The summed E-state index contributed by atoms with van der Waals surface area (Å²) in [5.41, 5.74) is 0.815. The number of hydrogen-bond acceptors (Lipinski definition) is 3. The van der Waals surface area contributed by atoms with E-state index in [4.69, 9.17) is 28.3 Å². The second-order valence-corrected chi connectivity index (χ2v) is 4.71. The molecule has 0 aromatic heterocycles. The fraction of sp³-hybridized carbons (Fsp3) is 0.273. The standard InChI is InChI=1S/C11H10Cl2N2O2/c1-6-5-15(14-10(6)11(16)17)9-3-2-7(12)4-8(9)13/h2-4,6H,5H2,1H3,(H,16,17). The van der Waals surface area contributed by atoms with Crippen molar-refractivity contribution in [3.63, 3.8) is 0 Å². The number of halogens is 2. The maximum absolute atomic E-state index is 10.9. The lowest BCUT2D eigenvalue weighted by Gasteiger charge is -2.16. The SMILES string of the molecule is CC1CN(c2ccc(Cl)cc2Cl)N=C1C(=O)O. The van der Waals surface area contributed by atoms with Gasteiger partial charge in [0, 0.05) is 10.9 Å². The van der Waals surface area contributed by atoms with Gasteiger partial charge in [-0.3, -0.25) is 5.01 Å². The number of anilines is 1. The Labute approximate surface area is 108 Å². The molecule has 1 aliphatic rings. The van der Waals surface area contributed by atoms with Gasteiger partial charge in [0.25, 0.3) is 0 Å². The molecule has 0 fully saturated rings. The largest absolute Gasteiger partial charge is 0.477 e. The summed E-state index contributed by atoms with van der Waals surface area (Å²) in [5.74, 6) is -1.12. The highest BCUT2D eigenvalue weighted by Gasteiger charge is 2.29. The minimum atomic E-state index is -0.995. The van der Waals surface area contributed by atoms with Gasteiger partial charge in [-0.15, -0.1) is 0 Å². The Morgan fingerprint density at radius 3 is 2.76 bits per heavy atom. The van der Waals surface area contributed by atoms with Gasteiger partial charge in [-0.1, -0.05) is 30.1 Å². The van der Waals surface area contributed by atoms with Crippen LogP contribution in [-0.2, 0) is 4.79 Å². The first-order valence-corrected chi connectivity index (χ1v) is 5.79. The molecule has 0 amide bonds. The number of hydrogen-bond donors (Lipinski definition) is 1. The van der Waals surface area contributed by atoms with Gasteiger partial charge in [0.05, 0.1) is 17.3 Å². The van der Waals surface area contributed by atoms with Crippen LogP contribution in [-0.4, -0.2) is 23.3 Å². The third-order valence-electron chi connectivity index (χ3n) is 2.55. The van der Waals surface area contributed by atoms with Gasteiger partial charge in [0.15, 0.2) is 5.71 Å². The molecule has 0 aliphatic carbocycles. The molecule has 1 unspecified atom stereocenters. The number of hydrazone groups is 1. The minimum Gasteiger partial charge on any atom is -0.477 e. The zero-order valence-corrected chi connectivity index (χ0v) is 10.5. The third-order valence-corrected chi connectivity index (χ3v) is 3.09. The average Bonchev–Trinajstić information content (AvgIpc) is 2.60. The molecule has 0 saturated heterocycles. The number of benzene rings is 1. The smallest absolute Gasteiger partial charge is 0.352 e. The van der Waals surface area contributed by atoms with Crippen molar-refractivity contribution in [2.45, 2.75) is 6.92 Å². The molecule has 90 valence electrons. The topological polar surface area (TPSA) is 52.9 Å². The summed E-state index contributed by atoms with van der Waals surface area (Å²) in [6.07, 6.45) is 0. The van der Waals surface area contributed by atoms with Crippen LogP contribution in [0.2, 0.25) is 10.0 Å². The van der Waals surface area contributed by atoms with Crippen LogP contribution in [0, 0.1) is 5.92 Å². The Hall–Kier alpha value is -1.26. The zero-order valence-electron chi connectivity index (χ0n) is 9.02. The first-order valence-electron chi connectivity index (χ1n) is 5.03. The van der Waals surface area contributed by atoms with E-state index >= 15 is 0 Å². The zero-order chi connectivity index (χ0) is 12.6. The van der Waals surface area contributed by atoms with Crippen molar-refractivity contribution in [3.8, 4) is 0 Å². The number of rotatable bonds is 2. The number of carboxylic acid groups (broad SMARTS) is 1. The van der Waals surface area contributed by atoms with Crippen LogP contribution in [0.15, 0.2) is 23.3 Å². The summed E-state index contributed by atoms with van der Waals surface area (Å²) >= 11 is 11.8. The molecule has 1 heterocycles. The second kappa shape index (κ2) is 4.55. The Balaban J connectivity index is 2.34. The van der Waals surface area contributed by atoms with Crippen LogP contribution in [0.3, 0.4) is 0 Å². The molecule has 0 saturated carbocycles. The van der Waals surface area contributed by atoms with Crippen molar-refractivity contribution in [3.05, 3.63) is 28.2 Å². The van der Waals surface area contributed by atoms with Gasteiger partial charge in [0.2, 0.25) is 0 Å². The van der Waals surface area contributed by atoms with Gasteiger partial charge in [-0.2, -0.15) is 5.10 Å². The highest BCUT2D eigenvalue weighted by molar-refractivity contribution is 6.38. The van der Waals surface area contributed by atoms with E-state index in [0.29, 0.717) is 22.3 Å². The van der Waals surface area contributed by atoms with Crippen molar-refractivity contribution >= 4 is 40.6 Å². The predicted octanol–water partition coefficient (Wildman–Crippen LogP) is 2.89. The van der Waals surface area contributed by atoms with Crippen molar-refractivity contribution in [1.82, 2.24) is 0 Å². The lowest BCUT2D eigenvalue weighted by Crippen LogP contribution is -2.20. The molecule has 1 aromatic rings. The molecule has 0 bridgehead atoms. The Kier molecular flexibility index (Phi) is 3.26. The van der Waals surface area contributed by atoms with Gasteiger partial charge in [-0.05, 0) is 18.2 Å². The lowest BCUT2D eigenvalue weighted by molar-refractivity contribution is -0.129. The molecule has 1 atom stereocenters. The van der Waals surface area contributed by atoms with Crippen molar-refractivity contribution in [1.29, 1.82) is 0 Å². The van der Waals surface area contributed by atoms with Crippen LogP contribution in [0.5, 0.6) is 0 Å². The lowest BCUT2D eigenvalue weighted by atomic mass is 10.1. The molecule has 0 spiro atoms. The van der Waals surface area contributed by atoms with E-state index in [1.807, 2.05) is 6.92 Å². The number of carboxylic acids is 1. The van der Waals surface area contributed by atoms with E-state index in [9.17, 15) is 4.79 Å². The Morgan fingerprint density at radius 2 is 2.24 bits per heavy atom. The number of carbonyl (C=O) groups is 1. The van der Waals surface area contributed by atoms with Crippen LogP contribution in [0.1, 0.15) is 6.92 Å². The van der Waals surface area contributed by atoms with E-state index in [1.54, 1.807) is 23.2 Å². The normalized spacial score (nSPS) is 19.4. The summed E-state index contributed by atoms with van der Waals surface area (Å²) in [6, 6.07) is 5.03. The average molecular weight is 273 g/mol. The molecule has 2 rings (SSSR count). The summed E-state index contributed by atoms with van der Waals surface area (Å²) < 4.78 is 0. The van der Waals surface area contributed by atoms with Crippen LogP contribution < -0.4 is 5.01 Å². The Morgan fingerprint density at radius 1 is 1.53 bits per heavy atom. The highest BCUT2D eigenvalue weighted by atomic mass is 35.5. The van der Waals surface area contributed by atoms with Crippen LogP contribution in [0.4, 0.5) is 5.69 Å². The van der Waals surface area contributed by atoms with E-state index in [-0.39, 0.29) is 11.6 Å². The van der Waals surface area contributed by atoms with E-state index < -0.39 is 5.97 Å². The molecule has 4 nitrogen and oxygen atoms in total. The van der Waals surface area contributed by atoms with Gasteiger partial charge in [-0.25, -0.2) is 4.79 Å². The van der Waals surface area contributed by atoms with E-state index in [2.05, 4.69) is 5.10 Å². The molecule has 1 aromatic carbocycles. The minimum absolute atomic E-state index is 0.126. The van der Waals surface area contributed by atoms with E-state index in [0.717, 1.165) is 0 Å². The maximum Gasteiger partial charge on any atom is 0.352 e. The number of nitrogens with zero attached hydrogens (tertiary/aromatic N) is 2. The van der Waals surface area contributed by atoms with Crippen molar-refractivity contribution < 1.29 is 9.90 Å². The fourth-order valence-corrected chi connectivity index (χ4v) is 2.22. The van der Waals surface area contributed by atoms with Crippen molar-refractivity contribution in [2.75, 3.05) is 11.6 Å². The molecular weight excluding hydrogens is 263 g/mol. The quantitative estimate of drug-likeness (QED) is 0.901. The summed E-state index contributed by atoms with van der Waals surface area (Å²) in [6.45, 7) is 2.32. The van der Waals surface area contributed by atoms with Gasteiger partial charge >= 0.3 is 5.97 Å². The fourth-order valence-electron chi connectivity index (χ4n) is 1.71. The summed E-state index contributed by atoms with van der Waals surface area (Å²) in [7, 11) is 0. The third kappa shape index (κ3) is 2.37. The Bertz CT molecular complexity index is 502. The monoisotopic (exact) mass is 272 g/mol. The van der Waals surface area contributed by atoms with Gasteiger partial charge in [0.1, 0.15) is 0 Å². The van der Waals surface area contributed by atoms with Crippen molar-refractivity contribution in [2.24, 2.45) is 11.0 Å². The molecule has 17 heavy (non-hydrogen) atoms. The first-order chi connectivity index (χ1) is 7.99. The maximum atomic E-state index is 10.9. The van der Waals surface area contributed by atoms with Crippen LogP contribution >= 0.6 is 23.2 Å². The second-order valence-electron chi connectivity index (χ2n) is 3.87. The molecule has 1 N–H and O–H groups in total. The highest BCUT2D eigenvalue weighted by Crippen LogP contribution is 2.31. The van der Waals surface area contributed by atoms with E-state index in [1.165, 1.54) is 0 Å². The summed E-state index contributed by atoms with van der Waals surface area (Å²) in [5, 5.41) is 15.6. The van der Waals surface area contributed by atoms with Gasteiger partial charge < -0.3 is 5.11 Å². The molecule has 0 radical (unpaired) electrons. The number of aliphatic carboxylic acids is 1. The van der Waals surface area contributed by atoms with Crippen LogP contribution in [0.25, 0.3) is 0 Å². The molecule has 1 aliphatic heterocycles. The predicted molar refractivity (Wildman–Crippen MR) is 68.0 cm³/mol. The first kappa shape index (κ1) is 12.2. The molecular formula is C11H10Cl2N2O2.